The van der Waals surface area contributed by atoms with Gasteiger partial charge in [-0.3, -0.25) is 4.79 Å². The van der Waals surface area contributed by atoms with E-state index in [1.807, 2.05) is 32.9 Å². The van der Waals surface area contributed by atoms with Crippen LogP contribution in [0.1, 0.15) is 38.3 Å². The van der Waals surface area contributed by atoms with E-state index in [-0.39, 0.29) is 35.3 Å². The maximum Gasteiger partial charge on any atom is 0.243 e. The molecular weight excluding hydrogens is 563 g/mol. The summed E-state index contributed by atoms with van der Waals surface area (Å²) >= 11 is 6.02. The number of carbonyl (C=O) groups excluding carboxylic acids is 1. The van der Waals surface area contributed by atoms with Gasteiger partial charge in [-0.15, -0.1) is 0 Å². The number of benzene rings is 3. The van der Waals surface area contributed by atoms with Crippen molar-refractivity contribution < 1.29 is 17.6 Å². The van der Waals surface area contributed by atoms with Crippen molar-refractivity contribution >= 4 is 33.2 Å². The van der Waals surface area contributed by atoms with Crippen LogP contribution in [0.5, 0.6) is 0 Å². The highest BCUT2D eigenvalue weighted by Crippen LogP contribution is 2.28. The van der Waals surface area contributed by atoms with Gasteiger partial charge in [0.25, 0.3) is 0 Å². The van der Waals surface area contributed by atoms with Crippen molar-refractivity contribution in [3.05, 3.63) is 94.8 Å². The van der Waals surface area contributed by atoms with Gasteiger partial charge in [0.1, 0.15) is 5.82 Å². The number of anilines is 1. The highest BCUT2D eigenvalue weighted by atomic mass is 35.5. The van der Waals surface area contributed by atoms with E-state index >= 15 is 4.39 Å². The number of nitrogens with zero attached hydrogens (tertiary/aromatic N) is 1. The second-order valence-corrected chi connectivity index (χ2v) is 13.1. The Balaban J connectivity index is 1.53. The van der Waals surface area contributed by atoms with Crippen molar-refractivity contribution in [3.63, 3.8) is 0 Å². The summed E-state index contributed by atoms with van der Waals surface area (Å²) < 4.78 is 43.9. The van der Waals surface area contributed by atoms with Gasteiger partial charge in [-0.05, 0) is 68.1 Å². The van der Waals surface area contributed by atoms with Crippen LogP contribution in [0.4, 0.5) is 10.1 Å². The number of carbonyl (C=O) groups is 1. The SMILES string of the molecule is CC(C)N[C@@H](Cc1ccc(Cl)cc1)C(=O)Nc1cccc(F)c1CC[C@H]1CNC[C@@H](C)N1S(=O)(=O)c1ccccc1. The number of nitrogens with one attached hydrogen (secondary N) is 3. The lowest BCUT2D eigenvalue weighted by Crippen LogP contribution is -2.58. The molecule has 1 aliphatic heterocycles. The molecule has 220 valence electrons. The molecule has 1 amide bonds. The minimum atomic E-state index is -3.75. The zero-order valence-corrected chi connectivity index (χ0v) is 25.2. The number of rotatable bonds is 11. The third-order valence-electron chi connectivity index (χ3n) is 7.24. The lowest BCUT2D eigenvalue weighted by atomic mass is 10.00. The molecule has 3 aromatic carbocycles. The Labute approximate surface area is 247 Å². The van der Waals surface area contributed by atoms with Gasteiger partial charge in [-0.1, -0.05) is 61.8 Å². The highest BCUT2D eigenvalue weighted by molar-refractivity contribution is 7.89. The summed E-state index contributed by atoms with van der Waals surface area (Å²) in [5.41, 5.74) is 1.68. The van der Waals surface area contributed by atoms with Crippen LogP contribution >= 0.6 is 11.6 Å². The Morgan fingerprint density at radius 1 is 1.05 bits per heavy atom. The fourth-order valence-corrected chi connectivity index (χ4v) is 7.31. The van der Waals surface area contributed by atoms with Gasteiger partial charge in [0, 0.05) is 47.5 Å². The van der Waals surface area contributed by atoms with Gasteiger partial charge in [-0.2, -0.15) is 4.31 Å². The topological polar surface area (TPSA) is 90.5 Å². The summed E-state index contributed by atoms with van der Waals surface area (Å²) in [7, 11) is -3.75. The Kier molecular flexibility index (Phi) is 10.5. The third-order valence-corrected chi connectivity index (χ3v) is 9.57. The second-order valence-electron chi connectivity index (χ2n) is 10.8. The number of amides is 1. The van der Waals surface area contributed by atoms with Crippen molar-refractivity contribution in [1.29, 1.82) is 0 Å². The molecule has 3 N–H and O–H groups in total. The lowest BCUT2D eigenvalue weighted by molar-refractivity contribution is -0.118. The monoisotopic (exact) mass is 600 g/mol. The van der Waals surface area contributed by atoms with Crippen molar-refractivity contribution in [3.8, 4) is 0 Å². The van der Waals surface area contributed by atoms with Crippen molar-refractivity contribution in [1.82, 2.24) is 14.9 Å². The highest BCUT2D eigenvalue weighted by Gasteiger charge is 2.37. The number of hydrogen-bond donors (Lipinski definition) is 3. The van der Waals surface area contributed by atoms with E-state index in [2.05, 4.69) is 16.0 Å². The van der Waals surface area contributed by atoms with E-state index in [0.717, 1.165) is 5.56 Å². The van der Waals surface area contributed by atoms with Gasteiger partial charge in [0.2, 0.25) is 15.9 Å². The van der Waals surface area contributed by atoms with E-state index in [4.69, 9.17) is 11.6 Å². The average Bonchev–Trinajstić information content (AvgIpc) is 2.93. The molecule has 7 nitrogen and oxygen atoms in total. The molecule has 1 saturated heterocycles. The van der Waals surface area contributed by atoms with E-state index in [0.29, 0.717) is 42.2 Å². The summed E-state index contributed by atoms with van der Waals surface area (Å²) in [6.45, 7) is 6.78. The Bertz CT molecular complexity index is 1420. The summed E-state index contributed by atoms with van der Waals surface area (Å²) in [6, 6.07) is 19.2. The lowest BCUT2D eigenvalue weighted by Gasteiger charge is -2.40. The van der Waals surface area contributed by atoms with E-state index < -0.39 is 21.9 Å². The maximum atomic E-state index is 15.2. The molecule has 0 bridgehead atoms. The summed E-state index contributed by atoms with van der Waals surface area (Å²) in [4.78, 5) is 13.7. The number of hydrogen-bond acceptors (Lipinski definition) is 5. The van der Waals surface area contributed by atoms with Crippen LogP contribution in [0.3, 0.4) is 0 Å². The summed E-state index contributed by atoms with van der Waals surface area (Å²) in [5.74, 6) is -0.718. The standard InChI is InChI=1S/C31H38ClFN4O3S/c1-21(2)35-30(18-23-12-14-24(32)15-13-23)31(38)36-29-11-7-10-28(33)27(29)17-16-25-20-34-19-22(3)37(25)41(39,40)26-8-5-4-6-9-26/h4-15,21-22,25,30,34-35H,16-20H2,1-3H3,(H,36,38)/t22-,25+,30+/m1/s1. The van der Waals surface area contributed by atoms with Crippen LogP contribution in [-0.4, -0.2) is 55.9 Å². The van der Waals surface area contributed by atoms with E-state index in [1.165, 1.54) is 6.07 Å². The average molecular weight is 601 g/mol. The molecule has 0 saturated carbocycles. The second kappa shape index (κ2) is 13.9. The number of piperazine rings is 1. The largest absolute Gasteiger partial charge is 0.324 e. The Morgan fingerprint density at radius 3 is 2.44 bits per heavy atom. The molecule has 0 unspecified atom stereocenters. The van der Waals surface area contributed by atoms with Crippen molar-refractivity contribution in [2.45, 2.75) is 69.1 Å². The predicted octanol–water partition coefficient (Wildman–Crippen LogP) is 5.01. The molecular formula is C31H38ClFN4O3S. The predicted molar refractivity (Wildman–Crippen MR) is 162 cm³/mol. The molecule has 4 rings (SSSR count). The first-order chi connectivity index (χ1) is 19.6. The van der Waals surface area contributed by atoms with Crippen LogP contribution in [0, 0.1) is 5.82 Å². The number of halogens is 2. The quantitative estimate of drug-likeness (QED) is 0.288. The molecule has 1 aliphatic rings. The van der Waals surface area contributed by atoms with Gasteiger partial charge in [0.15, 0.2) is 0 Å². The summed E-state index contributed by atoms with van der Waals surface area (Å²) in [5, 5.41) is 10.2. The van der Waals surface area contributed by atoms with Crippen molar-refractivity contribution in [2.24, 2.45) is 0 Å². The van der Waals surface area contributed by atoms with Crippen LogP contribution < -0.4 is 16.0 Å². The number of sulfonamides is 1. The minimum Gasteiger partial charge on any atom is -0.324 e. The van der Waals surface area contributed by atoms with Gasteiger partial charge >= 0.3 is 0 Å². The first-order valence-electron chi connectivity index (χ1n) is 13.9. The van der Waals surface area contributed by atoms with Crippen molar-refractivity contribution in [2.75, 3.05) is 18.4 Å². The van der Waals surface area contributed by atoms with E-state index in [9.17, 15) is 13.2 Å². The molecule has 0 radical (unpaired) electrons. The van der Waals surface area contributed by atoms with Gasteiger partial charge in [0.05, 0.1) is 10.9 Å². The molecule has 41 heavy (non-hydrogen) atoms. The summed E-state index contributed by atoms with van der Waals surface area (Å²) in [6.07, 6.45) is 1.07. The minimum absolute atomic E-state index is 0.0448. The molecule has 3 atom stereocenters. The van der Waals surface area contributed by atoms with Crippen LogP contribution in [0.2, 0.25) is 5.02 Å². The van der Waals surface area contributed by atoms with Crippen LogP contribution in [0.25, 0.3) is 0 Å². The fourth-order valence-electron chi connectivity index (χ4n) is 5.32. The molecule has 0 aromatic heterocycles. The molecule has 0 spiro atoms. The molecule has 1 fully saturated rings. The molecule has 0 aliphatic carbocycles. The zero-order valence-electron chi connectivity index (χ0n) is 23.6. The normalized spacial score (nSPS) is 18.8. The Hall–Kier alpha value is -2.82. The first-order valence-corrected chi connectivity index (χ1v) is 15.8. The van der Waals surface area contributed by atoms with E-state index in [1.54, 1.807) is 58.9 Å². The van der Waals surface area contributed by atoms with Crippen LogP contribution in [-0.2, 0) is 27.7 Å². The first kappa shape index (κ1) is 31.1. The molecule has 1 heterocycles. The molecule has 3 aromatic rings. The molecule has 10 heteroatoms. The van der Waals surface area contributed by atoms with Crippen LogP contribution in [0.15, 0.2) is 77.7 Å². The third kappa shape index (κ3) is 7.93. The maximum absolute atomic E-state index is 15.2. The van der Waals surface area contributed by atoms with Gasteiger partial charge < -0.3 is 16.0 Å². The zero-order chi connectivity index (χ0) is 29.6. The van der Waals surface area contributed by atoms with Gasteiger partial charge in [-0.25, -0.2) is 12.8 Å². The Morgan fingerprint density at radius 2 is 1.76 bits per heavy atom. The fraction of sp³-hybridized carbons (Fsp3) is 0.387. The smallest absolute Gasteiger partial charge is 0.243 e.